The highest BCUT2D eigenvalue weighted by molar-refractivity contribution is 6.08. The molecule has 142 valence electrons. The second-order valence-corrected chi connectivity index (χ2v) is 7.72. The fraction of sp³-hybridized carbons (Fsp3) is 0.842. The van der Waals surface area contributed by atoms with Gasteiger partial charge in [-0.1, -0.05) is 58.3 Å². The van der Waals surface area contributed by atoms with E-state index in [2.05, 4.69) is 17.6 Å². The van der Waals surface area contributed by atoms with E-state index in [1.165, 1.54) is 19.3 Å². The predicted molar refractivity (Wildman–Crippen MR) is 97.0 cm³/mol. The molecule has 1 aliphatic heterocycles. The van der Waals surface area contributed by atoms with E-state index in [0.717, 1.165) is 49.8 Å². The Balaban J connectivity index is 1.81. The van der Waals surface area contributed by atoms with Crippen molar-refractivity contribution in [2.24, 2.45) is 0 Å². The van der Waals surface area contributed by atoms with Gasteiger partial charge in [0.2, 0.25) is 5.91 Å². The van der Waals surface area contributed by atoms with Crippen LogP contribution in [0.1, 0.15) is 84.5 Å². The SMILES string of the molecule is CCCCCCCC1(C)NC(=O)N(CC(=O)NC2CCCCC2)C1=O. The number of nitrogens with one attached hydrogen (secondary N) is 2. The van der Waals surface area contributed by atoms with Gasteiger partial charge >= 0.3 is 6.03 Å². The van der Waals surface area contributed by atoms with E-state index in [9.17, 15) is 14.4 Å². The molecule has 0 aromatic heterocycles. The van der Waals surface area contributed by atoms with Crippen LogP contribution in [0.2, 0.25) is 0 Å². The van der Waals surface area contributed by atoms with Crippen LogP contribution in [-0.4, -0.2) is 40.9 Å². The summed E-state index contributed by atoms with van der Waals surface area (Å²) in [5.41, 5.74) is -0.867. The summed E-state index contributed by atoms with van der Waals surface area (Å²) in [6.45, 7) is 3.76. The fourth-order valence-electron chi connectivity index (χ4n) is 3.81. The fourth-order valence-corrected chi connectivity index (χ4v) is 3.81. The van der Waals surface area contributed by atoms with Crippen LogP contribution in [-0.2, 0) is 9.59 Å². The van der Waals surface area contributed by atoms with Crippen molar-refractivity contribution in [2.75, 3.05) is 6.54 Å². The van der Waals surface area contributed by atoms with Crippen LogP contribution in [0.25, 0.3) is 0 Å². The van der Waals surface area contributed by atoms with Gasteiger partial charge in [-0.25, -0.2) is 4.79 Å². The van der Waals surface area contributed by atoms with Crippen molar-refractivity contribution >= 4 is 17.8 Å². The van der Waals surface area contributed by atoms with Crippen molar-refractivity contribution in [2.45, 2.75) is 96.1 Å². The number of amides is 4. The van der Waals surface area contributed by atoms with Crippen LogP contribution in [0.4, 0.5) is 4.79 Å². The maximum atomic E-state index is 12.6. The number of rotatable bonds is 9. The maximum absolute atomic E-state index is 12.6. The molecule has 1 saturated carbocycles. The molecule has 0 aromatic carbocycles. The normalized spacial score (nSPS) is 24.5. The Hall–Kier alpha value is -1.59. The third-order valence-electron chi connectivity index (χ3n) is 5.40. The Labute approximate surface area is 151 Å². The van der Waals surface area contributed by atoms with Gasteiger partial charge in [0.15, 0.2) is 0 Å². The van der Waals surface area contributed by atoms with E-state index in [1.807, 2.05) is 0 Å². The number of imide groups is 1. The molecule has 6 heteroatoms. The molecule has 0 bridgehead atoms. The van der Waals surface area contributed by atoms with E-state index in [-0.39, 0.29) is 24.4 Å². The van der Waals surface area contributed by atoms with E-state index >= 15 is 0 Å². The standard InChI is InChI=1S/C19H33N3O3/c1-3-4-5-6-10-13-19(2)17(24)22(18(25)21-19)14-16(23)20-15-11-8-7-9-12-15/h15H,3-14H2,1-2H3,(H,20,23)(H,21,25). The van der Waals surface area contributed by atoms with Gasteiger partial charge < -0.3 is 10.6 Å². The van der Waals surface area contributed by atoms with Crippen molar-refractivity contribution in [3.63, 3.8) is 0 Å². The van der Waals surface area contributed by atoms with Gasteiger partial charge in [-0.15, -0.1) is 0 Å². The highest BCUT2D eigenvalue weighted by Crippen LogP contribution is 2.24. The smallest absolute Gasteiger partial charge is 0.325 e. The summed E-state index contributed by atoms with van der Waals surface area (Å²) in [6.07, 6.45) is 11.6. The molecule has 0 radical (unpaired) electrons. The molecule has 2 fully saturated rings. The molecule has 1 saturated heterocycles. The lowest BCUT2D eigenvalue weighted by Crippen LogP contribution is -2.46. The first-order valence-corrected chi connectivity index (χ1v) is 9.90. The van der Waals surface area contributed by atoms with Crippen LogP contribution in [0.15, 0.2) is 0 Å². The first kappa shape index (κ1) is 19.7. The number of hydrogen-bond donors (Lipinski definition) is 2. The van der Waals surface area contributed by atoms with Crippen molar-refractivity contribution in [3.8, 4) is 0 Å². The van der Waals surface area contributed by atoms with Gasteiger partial charge in [-0.05, 0) is 26.2 Å². The summed E-state index contributed by atoms with van der Waals surface area (Å²) in [6, 6.07) is -0.258. The van der Waals surface area contributed by atoms with Crippen LogP contribution in [0, 0.1) is 0 Å². The Morgan fingerprint density at radius 1 is 1.16 bits per heavy atom. The van der Waals surface area contributed by atoms with Crippen LogP contribution in [0.5, 0.6) is 0 Å². The largest absolute Gasteiger partial charge is 0.352 e. The van der Waals surface area contributed by atoms with Crippen molar-refractivity contribution < 1.29 is 14.4 Å². The highest BCUT2D eigenvalue weighted by atomic mass is 16.2. The zero-order valence-corrected chi connectivity index (χ0v) is 15.7. The topological polar surface area (TPSA) is 78.5 Å². The number of unbranched alkanes of at least 4 members (excludes halogenated alkanes) is 4. The lowest BCUT2D eigenvalue weighted by molar-refractivity contribution is -0.135. The number of carbonyl (C=O) groups excluding carboxylic acids is 3. The molecule has 2 N–H and O–H groups in total. The average Bonchev–Trinajstić information content (AvgIpc) is 2.79. The van der Waals surface area contributed by atoms with Gasteiger partial charge in [0.25, 0.3) is 5.91 Å². The Morgan fingerprint density at radius 2 is 1.84 bits per heavy atom. The average molecular weight is 351 g/mol. The Kier molecular flexibility index (Phi) is 7.26. The molecule has 1 heterocycles. The monoisotopic (exact) mass is 351 g/mol. The molecular weight excluding hydrogens is 318 g/mol. The molecule has 2 aliphatic rings. The summed E-state index contributed by atoms with van der Waals surface area (Å²) in [4.78, 5) is 38.1. The lowest BCUT2D eigenvalue weighted by atomic mass is 9.94. The van der Waals surface area contributed by atoms with Crippen molar-refractivity contribution in [3.05, 3.63) is 0 Å². The van der Waals surface area contributed by atoms with Gasteiger partial charge in [-0.2, -0.15) is 0 Å². The minimum atomic E-state index is -0.867. The molecular formula is C19H33N3O3. The summed E-state index contributed by atoms with van der Waals surface area (Å²) >= 11 is 0. The Morgan fingerprint density at radius 3 is 2.52 bits per heavy atom. The first-order chi connectivity index (χ1) is 12.0. The van der Waals surface area contributed by atoms with E-state index < -0.39 is 11.6 Å². The number of carbonyl (C=O) groups is 3. The highest BCUT2D eigenvalue weighted by Gasteiger charge is 2.47. The van der Waals surface area contributed by atoms with Crippen LogP contribution < -0.4 is 10.6 Å². The minimum Gasteiger partial charge on any atom is -0.352 e. The molecule has 25 heavy (non-hydrogen) atoms. The first-order valence-electron chi connectivity index (χ1n) is 9.90. The summed E-state index contributed by atoms with van der Waals surface area (Å²) in [7, 11) is 0. The molecule has 1 unspecified atom stereocenters. The van der Waals surface area contributed by atoms with Gasteiger partial charge in [0.1, 0.15) is 12.1 Å². The van der Waals surface area contributed by atoms with Gasteiger partial charge in [-0.3, -0.25) is 14.5 Å². The van der Waals surface area contributed by atoms with E-state index in [0.29, 0.717) is 6.42 Å². The number of urea groups is 1. The van der Waals surface area contributed by atoms with Crippen molar-refractivity contribution in [1.82, 2.24) is 15.5 Å². The molecule has 0 aromatic rings. The van der Waals surface area contributed by atoms with Crippen LogP contribution in [0.3, 0.4) is 0 Å². The second kappa shape index (κ2) is 9.20. The number of hydrogen-bond acceptors (Lipinski definition) is 3. The van der Waals surface area contributed by atoms with E-state index in [4.69, 9.17) is 0 Å². The summed E-state index contributed by atoms with van der Waals surface area (Å²) < 4.78 is 0. The van der Waals surface area contributed by atoms with Crippen molar-refractivity contribution in [1.29, 1.82) is 0 Å². The Bertz CT molecular complexity index is 488. The van der Waals surface area contributed by atoms with Crippen LogP contribution >= 0.6 is 0 Å². The maximum Gasteiger partial charge on any atom is 0.325 e. The number of nitrogens with zero attached hydrogens (tertiary/aromatic N) is 1. The second-order valence-electron chi connectivity index (χ2n) is 7.72. The van der Waals surface area contributed by atoms with E-state index in [1.54, 1.807) is 6.92 Å². The third-order valence-corrected chi connectivity index (χ3v) is 5.40. The molecule has 6 nitrogen and oxygen atoms in total. The molecule has 2 rings (SSSR count). The minimum absolute atomic E-state index is 0.174. The summed E-state index contributed by atoms with van der Waals surface area (Å²) in [5.74, 6) is -0.505. The van der Waals surface area contributed by atoms with Gasteiger partial charge in [0.05, 0.1) is 0 Å². The molecule has 0 spiro atoms. The summed E-state index contributed by atoms with van der Waals surface area (Å²) in [5, 5.41) is 5.76. The lowest BCUT2D eigenvalue weighted by Gasteiger charge is -2.24. The molecule has 1 atom stereocenters. The quantitative estimate of drug-likeness (QED) is 0.495. The van der Waals surface area contributed by atoms with Gasteiger partial charge in [0, 0.05) is 6.04 Å². The molecule has 1 aliphatic carbocycles. The predicted octanol–water partition coefficient (Wildman–Crippen LogP) is 3.11. The molecule has 4 amide bonds. The third kappa shape index (κ3) is 5.44. The zero-order chi connectivity index (χ0) is 18.3. The zero-order valence-electron chi connectivity index (χ0n) is 15.7.